The van der Waals surface area contributed by atoms with Crippen molar-refractivity contribution in [1.82, 2.24) is 14.8 Å². The number of carbonyl (C=O) groups is 3. The number of anilines is 2. The average molecular weight is 652 g/mol. The van der Waals surface area contributed by atoms with Gasteiger partial charge in [-0.25, -0.2) is 9.59 Å². The molecule has 0 spiro atoms. The Labute approximate surface area is 276 Å². The van der Waals surface area contributed by atoms with E-state index in [0.29, 0.717) is 80.1 Å². The van der Waals surface area contributed by atoms with Crippen LogP contribution in [0.25, 0.3) is 11.0 Å². The van der Waals surface area contributed by atoms with E-state index in [1.165, 1.54) is 6.07 Å². The minimum Gasteiger partial charge on any atom is -0.450 e. The summed E-state index contributed by atoms with van der Waals surface area (Å²) in [6, 6.07) is 18.9. The van der Waals surface area contributed by atoms with Gasteiger partial charge in [-0.15, -0.1) is 0 Å². The van der Waals surface area contributed by atoms with E-state index in [1.807, 2.05) is 16.7 Å². The first kappa shape index (κ1) is 31.2. The summed E-state index contributed by atoms with van der Waals surface area (Å²) in [5.74, 6) is -0.615. The van der Waals surface area contributed by atoms with E-state index >= 15 is 0 Å². The van der Waals surface area contributed by atoms with Crippen LogP contribution in [0.15, 0.2) is 80.7 Å². The number of piperidine rings is 2. The molecule has 2 saturated heterocycles. The maximum absolute atomic E-state index is 13.7. The fourth-order valence-electron chi connectivity index (χ4n) is 7.25. The van der Waals surface area contributed by atoms with Crippen molar-refractivity contribution in [1.29, 1.82) is 0 Å². The zero-order chi connectivity index (χ0) is 33.4. The largest absolute Gasteiger partial charge is 0.450 e. The van der Waals surface area contributed by atoms with E-state index in [0.717, 1.165) is 12.1 Å². The van der Waals surface area contributed by atoms with Crippen LogP contribution in [0.4, 0.5) is 16.2 Å². The lowest BCUT2D eigenvalue weighted by atomic mass is 9.83. The van der Waals surface area contributed by atoms with Crippen molar-refractivity contribution in [3.8, 4) is 0 Å². The molecular formula is C36H37N5O7. The van der Waals surface area contributed by atoms with Crippen LogP contribution in [0.3, 0.4) is 0 Å². The highest BCUT2D eigenvalue weighted by atomic mass is 16.6. The molecule has 3 aliphatic rings. The van der Waals surface area contributed by atoms with Gasteiger partial charge in [0.1, 0.15) is 11.1 Å². The molecule has 2 aromatic heterocycles. The molecule has 12 nitrogen and oxygen atoms in total. The van der Waals surface area contributed by atoms with Gasteiger partial charge in [-0.1, -0.05) is 24.3 Å². The smallest absolute Gasteiger partial charge is 0.409 e. The quantitative estimate of drug-likeness (QED) is 0.296. The summed E-state index contributed by atoms with van der Waals surface area (Å²) in [6.07, 6.45) is 1.78. The van der Waals surface area contributed by atoms with Gasteiger partial charge >= 0.3 is 11.7 Å². The first-order chi connectivity index (χ1) is 23.3. The van der Waals surface area contributed by atoms with Crippen LogP contribution in [0.5, 0.6) is 0 Å². The number of amides is 3. The molecule has 3 amide bonds. The molecule has 4 aromatic rings. The first-order valence-corrected chi connectivity index (χ1v) is 16.4. The Morgan fingerprint density at radius 2 is 1.73 bits per heavy atom. The van der Waals surface area contributed by atoms with Crippen LogP contribution in [-0.2, 0) is 11.3 Å². The van der Waals surface area contributed by atoms with Crippen LogP contribution >= 0.6 is 0 Å². The van der Waals surface area contributed by atoms with Gasteiger partial charge in [-0.3, -0.25) is 14.4 Å². The number of para-hydroxylation sites is 1. The number of nitrogens with one attached hydrogen (secondary N) is 2. The third kappa shape index (κ3) is 6.17. The zero-order valence-electron chi connectivity index (χ0n) is 26.6. The Hall–Kier alpha value is -5.39. The van der Waals surface area contributed by atoms with Crippen molar-refractivity contribution >= 4 is 40.3 Å². The predicted molar refractivity (Wildman–Crippen MR) is 180 cm³/mol. The monoisotopic (exact) mass is 651 g/mol. The second-order valence-electron chi connectivity index (χ2n) is 12.7. The number of benzene rings is 2. The van der Waals surface area contributed by atoms with Crippen LogP contribution in [0.1, 0.15) is 58.5 Å². The van der Waals surface area contributed by atoms with E-state index < -0.39 is 11.5 Å². The number of likely N-dealkylation sites (tertiary alicyclic amines) is 1. The predicted octanol–water partition coefficient (Wildman–Crippen LogP) is 4.18. The summed E-state index contributed by atoms with van der Waals surface area (Å²) in [4.78, 5) is 68.6. The van der Waals surface area contributed by atoms with E-state index in [2.05, 4.69) is 15.5 Å². The molecule has 12 heteroatoms. The van der Waals surface area contributed by atoms with Gasteiger partial charge in [-0.2, -0.15) is 0 Å². The number of ether oxygens (including phenoxy) is 1. The minimum absolute atomic E-state index is 0.000231. The molecule has 2 aromatic carbocycles. The molecule has 2 atom stereocenters. The van der Waals surface area contributed by atoms with Crippen molar-refractivity contribution in [2.75, 3.05) is 43.0 Å². The molecule has 2 N–H and O–H groups in total. The number of fused-ring (bicyclic) bond motifs is 5. The molecule has 0 unspecified atom stereocenters. The summed E-state index contributed by atoms with van der Waals surface area (Å²) in [5, 5.41) is 6.61. The summed E-state index contributed by atoms with van der Waals surface area (Å²) in [5.41, 5.74) is 1.92. The molecule has 3 aliphatic heterocycles. The molecule has 2 bridgehead atoms. The van der Waals surface area contributed by atoms with Crippen LogP contribution in [0.2, 0.25) is 0 Å². The topological polar surface area (TPSA) is 143 Å². The van der Waals surface area contributed by atoms with Gasteiger partial charge in [0.15, 0.2) is 0 Å². The number of hydrogen-bond donors (Lipinski definition) is 2. The number of nitrogens with zero attached hydrogens (tertiary/aromatic N) is 3. The van der Waals surface area contributed by atoms with Crippen molar-refractivity contribution in [2.24, 2.45) is 5.92 Å². The third-order valence-electron chi connectivity index (χ3n) is 9.57. The number of aromatic nitrogens is 1. The number of pyridine rings is 1. The summed E-state index contributed by atoms with van der Waals surface area (Å²) in [6.45, 7) is 4.91. The summed E-state index contributed by atoms with van der Waals surface area (Å²) in [7, 11) is 0. The van der Waals surface area contributed by atoms with Crippen LogP contribution in [0, 0.1) is 5.92 Å². The van der Waals surface area contributed by atoms with E-state index in [9.17, 15) is 24.0 Å². The Bertz CT molecular complexity index is 2010. The van der Waals surface area contributed by atoms with Crippen LogP contribution < -0.4 is 26.7 Å². The lowest BCUT2D eigenvalue weighted by molar-refractivity contribution is 0.0859. The van der Waals surface area contributed by atoms with Crippen LogP contribution in [-0.4, -0.2) is 66.2 Å². The zero-order valence-corrected chi connectivity index (χ0v) is 26.6. The summed E-state index contributed by atoms with van der Waals surface area (Å²) < 4.78 is 12.4. The Kier molecular flexibility index (Phi) is 8.47. The highest BCUT2D eigenvalue weighted by molar-refractivity contribution is 6.08. The molecule has 48 heavy (non-hydrogen) atoms. The fraction of sp³-hybridized carbons (Fsp3) is 0.361. The molecule has 248 valence electrons. The van der Waals surface area contributed by atoms with Crippen molar-refractivity contribution in [3.05, 3.63) is 104 Å². The Balaban J connectivity index is 1.16. The van der Waals surface area contributed by atoms with Crippen molar-refractivity contribution in [3.63, 3.8) is 0 Å². The highest BCUT2D eigenvalue weighted by Crippen LogP contribution is 2.39. The van der Waals surface area contributed by atoms with E-state index in [-0.39, 0.29) is 41.0 Å². The number of rotatable bonds is 6. The normalized spacial score (nSPS) is 19.0. The van der Waals surface area contributed by atoms with Gasteiger partial charge in [-0.05, 0) is 68.5 Å². The average Bonchev–Trinajstić information content (AvgIpc) is 3.08. The molecule has 5 heterocycles. The third-order valence-corrected chi connectivity index (χ3v) is 9.57. The van der Waals surface area contributed by atoms with E-state index in [4.69, 9.17) is 9.15 Å². The lowest BCUT2D eigenvalue weighted by Gasteiger charge is -2.44. The minimum atomic E-state index is -0.759. The maximum atomic E-state index is 13.7. The van der Waals surface area contributed by atoms with Gasteiger partial charge in [0, 0.05) is 67.4 Å². The second kappa shape index (κ2) is 13.0. The first-order valence-electron chi connectivity index (χ1n) is 16.4. The van der Waals surface area contributed by atoms with Gasteiger partial charge in [0.05, 0.1) is 18.0 Å². The Morgan fingerprint density at radius 1 is 0.917 bits per heavy atom. The SMILES string of the molecule is CCOC(=O)N1CCC(NC(=O)c2ccc(N3C[C@H]4C[C@@H](C3)c3cccc(=O)n3C4)c(NC(=O)c3cc4ccccc4oc3=O)c2)CC1. The van der Waals surface area contributed by atoms with Gasteiger partial charge in [0.2, 0.25) is 0 Å². The van der Waals surface area contributed by atoms with Crippen molar-refractivity contribution in [2.45, 2.75) is 44.7 Å². The maximum Gasteiger partial charge on any atom is 0.409 e. The molecule has 2 fully saturated rings. The summed E-state index contributed by atoms with van der Waals surface area (Å²) >= 11 is 0. The van der Waals surface area contributed by atoms with Gasteiger partial charge in [0.25, 0.3) is 17.4 Å². The second-order valence-corrected chi connectivity index (χ2v) is 12.7. The van der Waals surface area contributed by atoms with E-state index in [1.54, 1.807) is 60.4 Å². The molecular weight excluding hydrogens is 614 g/mol. The van der Waals surface area contributed by atoms with Gasteiger partial charge < -0.3 is 34.2 Å². The molecule has 0 aliphatic carbocycles. The molecule has 7 rings (SSSR count). The lowest BCUT2D eigenvalue weighted by Crippen LogP contribution is -2.47. The number of hydrogen-bond acceptors (Lipinski definition) is 8. The van der Waals surface area contributed by atoms with Crippen molar-refractivity contribution < 1.29 is 23.5 Å². The Morgan fingerprint density at radius 3 is 2.54 bits per heavy atom. The highest BCUT2D eigenvalue weighted by Gasteiger charge is 2.35. The number of carbonyl (C=O) groups excluding carboxylic acids is 3. The molecule has 0 radical (unpaired) electrons. The standard InChI is InChI=1S/C36H37N5O7/c1-2-47-36(46)39-14-12-26(13-15-39)37-33(43)24-10-11-30(40-19-22-16-25(21-40)29-7-5-9-32(42)41(29)20-22)28(18-24)38-34(44)27-17-23-6-3-4-8-31(23)48-35(27)45/h3-11,17-18,22,25-26H,2,12-16,19-21H2,1H3,(H,37,43)(H,38,44)/t22-,25+/m1/s1. The fourth-order valence-corrected chi connectivity index (χ4v) is 7.25. The molecule has 0 saturated carbocycles.